The summed E-state index contributed by atoms with van der Waals surface area (Å²) in [6.07, 6.45) is 0. The molecule has 1 N–H and O–H groups in total. The Morgan fingerprint density at radius 1 is 1.19 bits per heavy atom. The summed E-state index contributed by atoms with van der Waals surface area (Å²) in [5.41, 5.74) is 2.47. The zero-order chi connectivity index (χ0) is 15.6. The molecule has 0 aliphatic heterocycles. The van der Waals surface area contributed by atoms with E-state index in [2.05, 4.69) is 31.1 Å². The average molecular weight is 290 g/mol. The molecule has 0 saturated heterocycles. The van der Waals surface area contributed by atoms with Gasteiger partial charge in [0, 0.05) is 34.8 Å². The van der Waals surface area contributed by atoms with Crippen LogP contribution in [0.1, 0.15) is 40.3 Å². The van der Waals surface area contributed by atoms with Crippen LogP contribution in [-0.2, 0) is 5.41 Å². The summed E-state index contributed by atoms with van der Waals surface area (Å²) in [7, 11) is 0. The highest BCUT2D eigenvalue weighted by Gasteiger charge is 2.19. The van der Waals surface area contributed by atoms with Gasteiger partial charge in [0.2, 0.25) is 0 Å². The van der Waals surface area contributed by atoms with Crippen molar-refractivity contribution in [1.29, 1.82) is 0 Å². The molecular weight excluding hydrogens is 267 g/mol. The van der Waals surface area contributed by atoms with Crippen molar-refractivity contribution >= 4 is 16.6 Å². The molecule has 0 radical (unpaired) electrons. The summed E-state index contributed by atoms with van der Waals surface area (Å²) >= 11 is 0. The van der Waals surface area contributed by atoms with Crippen molar-refractivity contribution < 1.29 is 9.13 Å². The van der Waals surface area contributed by atoms with Crippen LogP contribution in [0.25, 0.3) is 10.9 Å². The number of fused-ring (bicyclic) bond motifs is 1. The number of hydrogen-bond donors (Lipinski definition) is 1. The van der Waals surface area contributed by atoms with Gasteiger partial charge in [-0.15, -0.1) is 0 Å². The third-order valence-corrected chi connectivity index (χ3v) is 3.30. The van der Waals surface area contributed by atoms with Gasteiger partial charge < -0.3 is 10.1 Å². The van der Waals surface area contributed by atoms with Gasteiger partial charge in [0.1, 0.15) is 0 Å². The lowest BCUT2D eigenvalue weighted by Gasteiger charge is -2.20. The maximum absolute atomic E-state index is 14.1. The van der Waals surface area contributed by atoms with Crippen molar-refractivity contribution in [3.05, 3.63) is 29.7 Å². The van der Waals surface area contributed by atoms with Crippen LogP contribution in [0, 0.1) is 5.82 Å². The van der Waals surface area contributed by atoms with Crippen molar-refractivity contribution in [2.75, 3.05) is 18.5 Å². The van der Waals surface area contributed by atoms with Gasteiger partial charge in [-0.25, -0.2) is 4.39 Å². The van der Waals surface area contributed by atoms with Crippen molar-refractivity contribution in [2.45, 2.75) is 40.0 Å². The monoisotopic (exact) mass is 290 g/mol. The minimum Gasteiger partial charge on any atom is -0.491 e. The number of halogens is 1. The van der Waals surface area contributed by atoms with E-state index < -0.39 is 0 Å². The van der Waals surface area contributed by atoms with Gasteiger partial charge in [-0.1, -0.05) is 20.8 Å². The Kier molecular flexibility index (Phi) is 4.35. The van der Waals surface area contributed by atoms with Crippen LogP contribution in [0.5, 0.6) is 5.75 Å². The molecule has 114 valence electrons. The molecule has 0 spiro atoms. The van der Waals surface area contributed by atoms with Crippen molar-refractivity contribution in [2.24, 2.45) is 0 Å². The first-order valence-electron chi connectivity index (χ1n) is 7.38. The number of pyridine rings is 1. The zero-order valence-electron chi connectivity index (χ0n) is 13.4. The van der Waals surface area contributed by atoms with E-state index in [4.69, 9.17) is 4.74 Å². The van der Waals surface area contributed by atoms with Crippen molar-refractivity contribution in [1.82, 2.24) is 4.98 Å². The van der Waals surface area contributed by atoms with Gasteiger partial charge >= 0.3 is 0 Å². The largest absolute Gasteiger partial charge is 0.491 e. The molecule has 1 aromatic carbocycles. The summed E-state index contributed by atoms with van der Waals surface area (Å²) in [4.78, 5) is 4.62. The van der Waals surface area contributed by atoms with Crippen LogP contribution in [-0.4, -0.2) is 18.1 Å². The fourth-order valence-electron chi connectivity index (χ4n) is 2.21. The second-order valence-electron chi connectivity index (χ2n) is 6.07. The summed E-state index contributed by atoms with van der Waals surface area (Å²) in [6.45, 7) is 11.4. The predicted octanol–water partition coefficient (Wildman–Crippen LogP) is 4.50. The maximum Gasteiger partial charge on any atom is 0.167 e. The Labute approximate surface area is 125 Å². The molecule has 0 atom stereocenters. The quantitative estimate of drug-likeness (QED) is 0.900. The maximum atomic E-state index is 14.1. The molecule has 0 saturated carbocycles. The number of hydrogen-bond acceptors (Lipinski definition) is 3. The Balaban J connectivity index is 2.69. The first-order valence-corrected chi connectivity index (χ1v) is 7.38. The van der Waals surface area contributed by atoms with Gasteiger partial charge in [-0.05, 0) is 26.0 Å². The smallest absolute Gasteiger partial charge is 0.167 e. The van der Waals surface area contributed by atoms with Gasteiger partial charge in [0.05, 0.1) is 12.1 Å². The van der Waals surface area contributed by atoms with E-state index in [-0.39, 0.29) is 17.0 Å². The molecule has 0 unspecified atom stereocenters. The minimum absolute atomic E-state index is 0.0899. The third-order valence-electron chi connectivity index (χ3n) is 3.30. The molecule has 0 fully saturated rings. The molecule has 2 rings (SSSR count). The van der Waals surface area contributed by atoms with E-state index >= 15 is 0 Å². The van der Waals surface area contributed by atoms with Crippen LogP contribution in [0.4, 0.5) is 10.1 Å². The third kappa shape index (κ3) is 3.26. The van der Waals surface area contributed by atoms with Gasteiger partial charge in [-0.2, -0.15) is 0 Å². The first-order chi connectivity index (χ1) is 9.86. The number of nitrogens with one attached hydrogen (secondary N) is 1. The molecule has 1 aromatic heterocycles. The summed E-state index contributed by atoms with van der Waals surface area (Å²) in [5, 5.41) is 4.22. The normalized spacial score (nSPS) is 11.7. The van der Waals surface area contributed by atoms with E-state index in [0.717, 1.165) is 23.3 Å². The standard InChI is InChI=1S/C17H23FN2O/c1-6-19-13-10-16(17(3,4)5)20-14-9-12(18)15(21-7-2)8-11(13)14/h8-10H,6-7H2,1-5H3,(H,19,20). The molecule has 4 heteroatoms. The number of aromatic nitrogens is 1. The van der Waals surface area contributed by atoms with E-state index in [0.29, 0.717) is 12.1 Å². The lowest BCUT2D eigenvalue weighted by Crippen LogP contribution is -2.14. The van der Waals surface area contributed by atoms with Gasteiger partial charge in [-0.3, -0.25) is 4.98 Å². The highest BCUT2D eigenvalue weighted by atomic mass is 19.1. The van der Waals surface area contributed by atoms with Crippen LogP contribution >= 0.6 is 0 Å². The van der Waals surface area contributed by atoms with Crippen molar-refractivity contribution in [3.8, 4) is 5.75 Å². The van der Waals surface area contributed by atoms with E-state index in [1.165, 1.54) is 6.07 Å². The number of benzene rings is 1. The van der Waals surface area contributed by atoms with E-state index in [1.807, 2.05) is 19.9 Å². The summed E-state index contributed by atoms with van der Waals surface area (Å²) in [5.74, 6) is -0.0974. The molecule has 21 heavy (non-hydrogen) atoms. The Morgan fingerprint density at radius 2 is 1.90 bits per heavy atom. The van der Waals surface area contributed by atoms with Crippen LogP contribution in [0.15, 0.2) is 18.2 Å². The molecule has 2 aromatic rings. The van der Waals surface area contributed by atoms with Crippen LogP contribution in [0.2, 0.25) is 0 Å². The minimum atomic E-state index is -0.370. The lowest BCUT2D eigenvalue weighted by molar-refractivity contribution is 0.322. The highest BCUT2D eigenvalue weighted by molar-refractivity contribution is 5.92. The van der Waals surface area contributed by atoms with Gasteiger partial charge in [0.15, 0.2) is 11.6 Å². The molecule has 0 aliphatic rings. The molecule has 3 nitrogen and oxygen atoms in total. The second-order valence-corrected chi connectivity index (χ2v) is 6.07. The molecule has 0 amide bonds. The second kappa shape index (κ2) is 5.88. The first kappa shape index (κ1) is 15.5. The number of rotatable bonds is 4. The Hall–Kier alpha value is -1.84. The number of anilines is 1. The average Bonchev–Trinajstić information content (AvgIpc) is 2.39. The Morgan fingerprint density at radius 3 is 2.48 bits per heavy atom. The molecule has 1 heterocycles. The number of ether oxygens (including phenoxy) is 1. The fourth-order valence-corrected chi connectivity index (χ4v) is 2.21. The predicted molar refractivity (Wildman–Crippen MR) is 85.7 cm³/mol. The molecular formula is C17H23FN2O. The lowest BCUT2D eigenvalue weighted by atomic mass is 9.90. The van der Waals surface area contributed by atoms with Crippen LogP contribution in [0.3, 0.4) is 0 Å². The zero-order valence-corrected chi connectivity index (χ0v) is 13.4. The summed E-state index contributed by atoms with van der Waals surface area (Å²) < 4.78 is 19.4. The summed E-state index contributed by atoms with van der Waals surface area (Å²) in [6, 6.07) is 5.22. The van der Waals surface area contributed by atoms with E-state index in [1.54, 1.807) is 6.07 Å². The topological polar surface area (TPSA) is 34.2 Å². The Bertz CT molecular complexity index is 647. The van der Waals surface area contributed by atoms with Crippen LogP contribution < -0.4 is 10.1 Å². The van der Waals surface area contributed by atoms with E-state index in [9.17, 15) is 4.39 Å². The van der Waals surface area contributed by atoms with Gasteiger partial charge in [0.25, 0.3) is 0 Å². The SMILES string of the molecule is CCNc1cc(C(C)(C)C)nc2cc(F)c(OCC)cc12. The van der Waals surface area contributed by atoms with Crippen molar-refractivity contribution in [3.63, 3.8) is 0 Å². The molecule has 0 bridgehead atoms. The highest BCUT2D eigenvalue weighted by Crippen LogP contribution is 2.33. The molecule has 0 aliphatic carbocycles. The number of nitrogens with zero attached hydrogens (tertiary/aromatic N) is 1. The fraction of sp³-hybridized carbons (Fsp3) is 0.471.